The van der Waals surface area contributed by atoms with Crippen LogP contribution >= 0.6 is 0 Å². The van der Waals surface area contributed by atoms with E-state index < -0.39 is 10.0 Å². The number of benzene rings is 1. The van der Waals surface area contributed by atoms with Crippen molar-refractivity contribution >= 4 is 15.8 Å². The van der Waals surface area contributed by atoms with Crippen LogP contribution in [-0.2, 0) is 10.0 Å². The summed E-state index contributed by atoms with van der Waals surface area (Å²) < 4.78 is 26.8. The monoisotopic (exact) mass is 296 g/mol. The standard InChI is InChI=1S/C14H20N2O3S/c1-10-8-13(15)6-7-16(10)20(18,19)14-5-3-4-12(9-14)11(2)17/h3-5,9-10,13H,6-8,15H2,1-2H3. The Kier molecular flexibility index (Phi) is 4.27. The van der Waals surface area contributed by atoms with Gasteiger partial charge in [-0.2, -0.15) is 4.31 Å². The normalized spacial score (nSPS) is 24.6. The molecule has 1 saturated heterocycles. The maximum absolute atomic E-state index is 12.7. The summed E-state index contributed by atoms with van der Waals surface area (Å²) in [7, 11) is -3.57. The fraction of sp³-hybridized carbons (Fsp3) is 0.500. The summed E-state index contributed by atoms with van der Waals surface area (Å²) in [6.07, 6.45) is 1.32. The minimum Gasteiger partial charge on any atom is -0.328 e. The highest BCUT2D eigenvalue weighted by Crippen LogP contribution is 2.25. The molecule has 1 aromatic rings. The minimum absolute atomic E-state index is 0.0556. The van der Waals surface area contributed by atoms with Gasteiger partial charge in [0, 0.05) is 24.2 Å². The van der Waals surface area contributed by atoms with Gasteiger partial charge in [0.05, 0.1) is 4.90 Å². The van der Waals surface area contributed by atoms with Crippen molar-refractivity contribution in [2.24, 2.45) is 5.73 Å². The smallest absolute Gasteiger partial charge is 0.243 e. The Balaban J connectivity index is 2.35. The number of nitrogens with two attached hydrogens (primary N) is 1. The van der Waals surface area contributed by atoms with Gasteiger partial charge in [0.25, 0.3) is 0 Å². The summed E-state index contributed by atoms with van der Waals surface area (Å²) in [4.78, 5) is 11.6. The van der Waals surface area contributed by atoms with Crippen LogP contribution in [0.4, 0.5) is 0 Å². The zero-order chi connectivity index (χ0) is 14.9. The number of carbonyl (C=O) groups is 1. The lowest BCUT2D eigenvalue weighted by atomic mass is 10.0. The number of Topliss-reactive ketones (excluding diaryl/α,β-unsaturated/α-hetero) is 1. The van der Waals surface area contributed by atoms with Crippen molar-refractivity contribution in [3.63, 3.8) is 0 Å². The first-order valence-corrected chi connectivity index (χ1v) is 8.15. The minimum atomic E-state index is -3.57. The van der Waals surface area contributed by atoms with Crippen LogP contribution in [0.5, 0.6) is 0 Å². The second-order valence-electron chi connectivity index (χ2n) is 5.33. The molecule has 5 nitrogen and oxygen atoms in total. The van der Waals surface area contributed by atoms with E-state index in [0.717, 1.165) is 0 Å². The maximum Gasteiger partial charge on any atom is 0.243 e. The van der Waals surface area contributed by atoms with Gasteiger partial charge in [0.15, 0.2) is 5.78 Å². The van der Waals surface area contributed by atoms with Crippen molar-refractivity contribution in [2.45, 2.75) is 43.7 Å². The predicted octanol–water partition coefficient (Wildman–Crippen LogP) is 1.39. The van der Waals surface area contributed by atoms with Gasteiger partial charge in [-0.15, -0.1) is 0 Å². The van der Waals surface area contributed by atoms with Gasteiger partial charge in [0.2, 0.25) is 10.0 Å². The Morgan fingerprint density at radius 3 is 2.70 bits per heavy atom. The molecule has 0 aromatic heterocycles. The molecule has 1 fully saturated rings. The van der Waals surface area contributed by atoms with Gasteiger partial charge < -0.3 is 5.73 Å². The van der Waals surface area contributed by atoms with Crippen LogP contribution < -0.4 is 5.73 Å². The summed E-state index contributed by atoms with van der Waals surface area (Å²) in [5.41, 5.74) is 6.28. The summed E-state index contributed by atoms with van der Waals surface area (Å²) in [5, 5.41) is 0. The van der Waals surface area contributed by atoms with Crippen molar-refractivity contribution in [1.29, 1.82) is 0 Å². The third-order valence-corrected chi connectivity index (χ3v) is 5.71. The number of hydrogen-bond acceptors (Lipinski definition) is 4. The lowest BCUT2D eigenvalue weighted by Gasteiger charge is -2.35. The predicted molar refractivity (Wildman–Crippen MR) is 77.0 cm³/mol. The molecule has 0 spiro atoms. The van der Waals surface area contributed by atoms with E-state index in [4.69, 9.17) is 5.73 Å². The fourth-order valence-corrected chi connectivity index (χ4v) is 4.26. The Hall–Kier alpha value is -1.24. The molecule has 1 heterocycles. The fourth-order valence-electron chi connectivity index (χ4n) is 2.56. The van der Waals surface area contributed by atoms with Crippen LogP contribution in [0, 0.1) is 0 Å². The van der Waals surface area contributed by atoms with Crippen molar-refractivity contribution in [2.75, 3.05) is 6.54 Å². The highest BCUT2D eigenvalue weighted by molar-refractivity contribution is 7.89. The van der Waals surface area contributed by atoms with Crippen molar-refractivity contribution < 1.29 is 13.2 Å². The quantitative estimate of drug-likeness (QED) is 0.855. The molecule has 0 radical (unpaired) electrons. The first-order chi connectivity index (χ1) is 9.32. The first kappa shape index (κ1) is 15.2. The number of carbonyl (C=O) groups excluding carboxylic acids is 1. The molecule has 20 heavy (non-hydrogen) atoms. The molecule has 0 aliphatic carbocycles. The second kappa shape index (κ2) is 5.63. The average molecular weight is 296 g/mol. The van der Waals surface area contributed by atoms with Crippen LogP contribution in [0.2, 0.25) is 0 Å². The van der Waals surface area contributed by atoms with Crippen LogP contribution in [0.15, 0.2) is 29.2 Å². The molecular formula is C14H20N2O3S. The van der Waals surface area contributed by atoms with Gasteiger partial charge in [-0.3, -0.25) is 4.79 Å². The van der Waals surface area contributed by atoms with Crippen LogP contribution in [0.1, 0.15) is 37.0 Å². The molecule has 0 amide bonds. The number of hydrogen-bond donors (Lipinski definition) is 1. The van der Waals surface area contributed by atoms with E-state index in [2.05, 4.69) is 0 Å². The van der Waals surface area contributed by atoms with Crippen LogP contribution in [0.25, 0.3) is 0 Å². The first-order valence-electron chi connectivity index (χ1n) is 6.71. The Morgan fingerprint density at radius 2 is 2.10 bits per heavy atom. The van der Waals surface area contributed by atoms with Crippen molar-refractivity contribution in [3.05, 3.63) is 29.8 Å². The summed E-state index contributed by atoms with van der Waals surface area (Å²) in [5.74, 6) is -0.143. The van der Waals surface area contributed by atoms with Crippen molar-refractivity contribution in [3.8, 4) is 0 Å². The van der Waals surface area contributed by atoms with E-state index in [1.165, 1.54) is 23.4 Å². The van der Waals surface area contributed by atoms with Gasteiger partial charge >= 0.3 is 0 Å². The van der Waals surface area contributed by atoms with Gasteiger partial charge in [-0.1, -0.05) is 12.1 Å². The van der Waals surface area contributed by atoms with Gasteiger partial charge in [-0.05, 0) is 38.8 Å². The second-order valence-corrected chi connectivity index (χ2v) is 7.22. The molecule has 2 N–H and O–H groups in total. The number of rotatable bonds is 3. The number of piperidine rings is 1. The van der Waals surface area contributed by atoms with E-state index in [9.17, 15) is 13.2 Å². The average Bonchev–Trinajstić information content (AvgIpc) is 2.38. The summed E-state index contributed by atoms with van der Waals surface area (Å²) in [6.45, 7) is 3.72. The number of ketones is 1. The van der Waals surface area contributed by atoms with Crippen molar-refractivity contribution in [1.82, 2.24) is 4.31 Å². The number of nitrogens with zero attached hydrogens (tertiary/aromatic N) is 1. The highest BCUT2D eigenvalue weighted by Gasteiger charge is 2.33. The molecule has 0 bridgehead atoms. The third kappa shape index (κ3) is 2.92. The molecule has 2 unspecified atom stereocenters. The van der Waals surface area contributed by atoms with E-state index in [-0.39, 0.29) is 22.8 Å². The molecule has 2 rings (SSSR count). The van der Waals surface area contributed by atoms with E-state index in [0.29, 0.717) is 24.9 Å². The molecule has 2 atom stereocenters. The third-order valence-electron chi connectivity index (χ3n) is 3.70. The molecular weight excluding hydrogens is 276 g/mol. The van der Waals surface area contributed by atoms with E-state index in [1.807, 2.05) is 6.92 Å². The molecule has 0 saturated carbocycles. The Morgan fingerprint density at radius 1 is 1.40 bits per heavy atom. The molecule has 6 heteroatoms. The van der Waals surface area contributed by atoms with Crippen LogP contribution in [0.3, 0.4) is 0 Å². The molecule has 1 aliphatic rings. The van der Waals surface area contributed by atoms with E-state index in [1.54, 1.807) is 12.1 Å². The summed E-state index contributed by atoms with van der Waals surface area (Å²) in [6, 6.07) is 6.13. The Bertz CT molecular complexity index is 613. The Labute approximate surface area is 119 Å². The SMILES string of the molecule is CC(=O)c1cccc(S(=O)(=O)N2CCC(N)CC2C)c1. The molecule has 1 aromatic carbocycles. The highest BCUT2D eigenvalue weighted by atomic mass is 32.2. The topological polar surface area (TPSA) is 80.5 Å². The zero-order valence-corrected chi connectivity index (χ0v) is 12.6. The lowest BCUT2D eigenvalue weighted by molar-refractivity contribution is 0.101. The largest absolute Gasteiger partial charge is 0.328 e. The maximum atomic E-state index is 12.7. The van der Waals surface area contributed by atoms with E-state index >= 15 is 0 Å². The molecule has 1 aliphatic heterocycles. The number of sulfonamides is 1. The zero-order valence-electron chi connectivity index (χ0n) is 11.7. The van der Waals surface area contributed by atoms with Gasteiger partial charge in [0.1, 0.15) is 0 Å². The summed E-state index contributed by atoms with van der Waals surface area (Å²) >= 11 is 0. The lowest BCUT2D eigenvalue weighted by Crippen LogP contribution is -2.48. The van der Waals surface area contributed by atoms with Gasteiger partial charge in [-0.25, -0.2) is 8.42 Å². The molecule has 110 valence electrons. The van der Waals surface area contributed by atoms with Crippen LogP contribution in [-0.4, -0.2) is 37.1 Å².